The number of benzene rings is 1. The molecule has 0 aliphatic heterocycles. The minimum Gasteiger partial charge on any atom is -0.439 e. The Hall–Kier alpha value is -2.84. The van der Waals surface area contributed by atoms with Crippen molar-refractivity contribution in [2.75, 3.05) is 0 Å². The van der Waals surface area contributed by atoms with Crippen molar-refractivity contribution in [2.45, 2.75) is 13.3 Å². The Morgan fingerprint density at radius 2 is 1.77 bits per heavy atom. The van der Waals surface area contributed by atoms with Crippen LogP contribution in [0.5, 0.6) is 17.4 Å². The van der Waals surface area contributed by atoms with Gasteiger partial charge in [-0.25, -0.2) is 4.98 Å². The molecule has 2 aromatic rings. The van der Waals surface area contributed by atoms with Gasteiger partial charge in [-0.1, -0.05) is 0 Å². The number of halogens is 3. The molecule has 0 atom stereocenters. The van der Waals surface area contributed by atoms with Gasteiger partial charge in [0.2, 0.25) is 5.88 Å². The first-order chi connectivity index (χ1) is 10.2. The summed E-state index contributed by atoms with van der Waals surface area (Å²) in [5.74, 6) is -0.0395. The molecular formula is C13H9F3N2O4. The molecule has 9 heteroatoms. The highest BCUT2D eigenvalue weighted by molar-refractivity contribution is 5.40. The van der Waals surface area contributed by atoms with E-state index in [9.17, 15) is 23.3 Å². The molecule has 1 aromatic heterocycles. The van der Waals surface area contributed by atoms with E-state index in [1.54, 1.807) is 6.92 Å². The lowest BCUT2D eigenvalue weighted by molar-refractivity contribution is -0.385. The van der Waals surface area contributed by atoms with Gasteiger partial charge in [0.1, 0.15) is 17.7 Å². The number of pyridine rings is 1. The topological polar surface area (TPSA) is 74.5 Å². The molecule has 1 heterocycles. The normalized spacial score (nSPS) is 11.1. The van der Waals surface area contributed by atoms with Crippen LogP contribution >= 0.6 is 0 Å². The number of hydrogen-bond donors (Lipinski definition) is 0. The van der Waals surface area contributed by atoms with Crippen LogP contribution in [0.4, 0.5) is 18.9 Å². The first-order valence-electron chi connectivity index (χ1n) is 5.89. The molecule has 0 saturated carbocycles. The summed E-state index contributed by atoms with van der Waals surface area (Å²) in [6.45, 7) is 1.57. The molecule has 0 radical (unpaired) electrons. The minimum atomic E-state index is -4.76. The zero-order valence-corrected chi connectivity index (χ0v) is 11.1. The van der Waals surface area contributed by atoms with Gasteiger partial charge in [-0.05, 0) is 31.2 Å². The standard InChI is InChI=1S/C13H9F3N2O4/c1-8-6-9(18(19)20)7-17-12(8)21-10-2-4-11(5-3-10)22-13(14,15)16/h2-7H,1H3. The molecule has 6 nitrogen and oxygen atoms in total. The monoisotopic (exact) mass is 314 g/mol. The molecular weight excluding hydrogens is 305 g/mol. The molecule has 0 bridgehead atoms. The maximum atomic E-state index is 12.0. The Morgan fingerprint density at radius 1 is 1.18 bits per heavy atom. The summed E-state index contributed by atoms with van der Waals surface area (Å²) >= 11 is 0. The largest absolute Gasteiger partial charge is 0.573 e. The van der Waals surface area contributed by atoms with Crippen molar-refractivity contribution in [3.8, 4) is 17.4 Å². The molecule has 0 aliphatic carbocycles. The van der Waals surface area contributed by atoms with Crippen LogP contribution in [0.1, 0.15) is 5.56 Å². The molecule has 0 fully saturated rings. The lowest BCUT2D eigenvalue weighted by Gasteiger charge is -2.10. The quantitative estimate of drug-likeness (QED) is 0.630. The third kappa shape index (κ3) is 4.08. The van der Waals surface area contributed by atoms with Crippen LogP contribution < -0.4 is 9.47 Å². The fourth-order valence-electron chi connectivity index (χ4n) is 1.58. The van der Waals surface area contributed by atoms with Gasteiger partial charge in [-0.3, -0.25) is 10.1 Å². The van der Waals surface area contributed by atoms with E-state index in [1.165, 1.54) is 18.2 Å². The van der Waals surface area contributed by atoms with Crippen molar-refractivity contribution in [3.63, 3.8) is 0 Å². The summed E-state index contributed by atoms with van der Waals surface area (Å²) < 4.78 is 45.2. The van der Waals surface area contributed by atoms with Gasteiger partial charge in [0.05, 0.1) is 4.92 Å². The van der Waals surface area contributed by atoms with Crippen LogP contribution in [0.25, 0.3) is 0 Å². The molecule has 0 N–H and O–H groups in total. The van der Waals surface area contributed by atoms with Gasteiger partial charge in [0, 0.05) is 11.6 Å². The number of ether oxygens (including phenoxy) is 2. The summed E-state index contributed by atoms with van der Waals surface area (Å²) in [6.07, 6.45) is -3.73. The minimum absolute atomic E-state index is 0.120. The van der Waals surface area contributed by atoms with Crippen LogP contribution in [0.3, 0.4) is 0 Å². The third-order valence-corrected chi connectivity index (χ3v) is 2.50. The van der Waals surface area contributed by atoms with Crippen LogP contribution in [0.15, 0.2) is 36.5 Å². The van der Waals surface area contributed by atoms with E-state index in [0.717, 1.165) is 18.3 Å². The number of nitro groups is 1. The molecule has 22 heavy (non-hydrogen) atoms. The maximum Gasteiger partial charge on any atom is 0.573 e. The molecule has 0 amide bonds. The van der Waals surface area contributed by atoms with Crippen molar-refractivity contribution in [1.82, 2.24) is 4.98 Å². The van der Waals surface area contributed by atoms with Crippen molar-refractivity contribution in [3.05, 3.63) is 52.2 Å². The molecule has 2 rings (SSSR count). The van der Waals surface area contributed by atoms with Crippen LogP contribution in [-0.2, 0) is 0 Å². The predicted molar refractivity (Wildman–Crippen MR) is 68.8 cm³/mol. The van der Waals surface area contributed by atoms with E-state index in [-0.39, 0.29) is 23.1 Å². The van der Waals surface area contributed by atoms with E-state index in [4.69, 9.17) is 4.74 Å². The van der Waals surface area contributed by atoms with E-state index in [0.29, 0.717) is 5.56 Å². The number of rotatable bonds is 4. The average molecular weight is 314 g/mol. The zero-order valence-electron chi connectivity index (χ0n) is 11.1. The highest BCUT2D eigenvalue weighted by Crippen LogP contribution is 2.28. The summed E-state index contributed by atoms with van der Waals surface area (Å²) in [6, 6.07) is 5.99. The smallest absolute Gasteiger partial charge is 0.439 e. The van der Waals surface area contributed by atoms with Gasteiger partial charge in [-0.15, -0.1) is 13.2 Å². The number of aryl methyl sites for hydroxylation is 1. The Kier molecular flexibility index (Phi) is 4.15. The molecule has 1 aromatic carbocycles. The van der Waals surface area contributed by atoms with Gasteiger partial charge >= 0.3 is 6.36 Å². The van der Waals surface area contributed by atoms with Gasteiger partial charge in [0.25, 0.3) is 5.69 Å². The highest BCUT2D eigenvalue weighted by atomic mass is 19.4. The maximum absolute atomic E-state index is 12.0. The Bertz CT molecular complexity index is 687. The van der Waals surface area contributed by atoms with Crippen LogP contribution in [0, 0.1) is 17.0 Å². The van der Waals surface area contributed by atoms with E-state index >= 15 is 0 Å². The van der Waals surface area contributed by atoms with Crippen molar-refractivity contribution in [1.29, 1.82) is 0 Å². The fourth-order valence-corrected chi connectivity index (χ4v) is 1.58. The molecule has 116 valence electrons. The summed E-state index contributed by atoms with van der Waals surface area (Å²) in [7, 11) is 0. The van der Waals surface area contributed by atoms with Gasteiger partial charge < -0.3 is 9.47 Å². The van der Waals surface area contributed by atoms with Crippen molar-refractivity contribution in [2.24, 2.45) is 0 Å². The molecule has 0 spiro atoms. The lowest BCUT2D eigenvalue weighted by Crippen LogP contribution is -2.16. The Labute approximate surface area is 122 Å². The second-order valence-electron chi connectivity index (χ2n) is 4.19. The summed E-state index contributed by atoms with van der Waals surface area (Å²) in [4.78, 5) is 13.8. The number of hydrogen-bond acceptors (Lipinski definition) is 5. The predicted octanol–water partition coefficient (Wildman–Crippen LogP) is 3.99. The van der Waals surface area contributed by atoms with Gasteiger partial charge in [-0.2, -0.15) is 0 Å². The van der Waals surface area contributed by atoms with E-state index < -0.39 is 11.3 Å². The highest BCUT2D eigenvalue weighted by Gasteiger charge is 2.31. The average Bonchev–Trinajstić information content (AvgIpc) is 2.41. The SMILES string of the molecule is Cc1cc([N+](=O)[O-])cnc1Oc1ccc(OC(F)(F)F)cc1. The Morgan fingerprint density at radius 3 is 2.27 bits per heavy atom. The summed E-state index contributed by atoms with van der Waals surface area (Å²) in [5.41, 5.74) is 0.239. The summed E-state index contributed by atoms with van der Waals surface area (Å²) in [5, 5.41) is 10.6. The number of alkyl halides is 3. The molecule has 0 unspecified atom stereocenters. The number of aromatic nitrogens is 1. The lowest BCUT2D eigenvalue weighted by atomic mass is 10.3. The van der Waals surface area contributed by atoms with Crippen molar-refractivity contribution >= 4 is 5.69 Å². The first kappa shape index (κ1) is 15.5. The van der Waals surface area contributed by atoms with E-state index in [1.807, 2.05) is 0 Å². The fraction of sp³-hybridized carbons (Fsp3) is 0.154. The number of nitrogens with zero attached hydrogens (tertiary/aromatic N) is 2. The molecule has 0 aliphatic rings. The van der Waals surface area contributed by atoms with E-state index in [2.05, 4.69) is 9.72 Å². The second kappa shape index (κ2) is 5.88. The first-order valence-corrected chi connectivity index (χ1v) is 5.89. The Balaban J connectivity index is 2.12. The molecule has 0 saturated heterocycles. The van der Waals surface area contributed by atoms with Crippen molar-refractivity contribution < 1.29 is 27.6 Å². The zero-order chi connectivity index (χ0) is 16.3. The van der Waals surface area contributed by atoms with Crippen LogP contribution in [0.2, 0.25) is 0 Å². The third-order valence-electron chi connectivity index (χ3n) is 2.50. The van der Waals surface area contributed by atoms with Crippen LogP contribution in [-0.4, -0.2) is 16.3 Å². The second-order valence-corrected chi connectivity index (χ2v) is 4.19. The van der Waals surface area contributed by atoms with Gasteiger partial charge in [0.15, 0.2) is 0 Å².